The first-order chi connectivity index (χ1) is 5.65. The van der Waals surface area contributed by atoms with Gasteiger partial charge >= 0.3 is 0 Å². The molecule has 0 saturated heterocycles. The van der Waals surface area contributed by atoms with Crippen LogP contribution in [0, 0.1) is 5.82 Å². The highest BCUT2D eigenvalue weighted by Crippen LogP contribution is 2.11. The van der Waals surface area contributed by atoms with Crippen molar-refractivity contribution in [2.24, 2.45) is 0 Å². The zero-order valence-electron chi connectivity index (χ0n) is 6.30. The summed E-state index contributed by atoms with van der Waals surface area (Å²) in [6.07, 6.45) is 0. The Hall–Kier alpha value is -0.900. The molecule has 0 aromatic heterocycles. The Balaban J connectivity index is 3.48. The molecule has 0 N–H and O–H groups in total. The van der Waals surface area contributed by atoms with Gasteiger partial charge in [0, 0.05) is 4.47 Å². The number of methoxy groups -OCH3 is 1. The molecule has 0 spiro atoms. The highest BCUT2D eigenvalue weighted by molar-refractivity contribution is 9.10. The molecule has 0 heterocycles. The van der Waals surface area contributed by atoms with Gasteiger partial charge in [-0.3, -0.25) is 4.79 Å². The molecule has 0 saturated carbocycles. The summed E-state index contributed by atoms with van der Waals surface area (Å²) in [6, 6.07) is 4.06. The number of halogens is 2. The van der Waals surface area contributed by atoms with Crippen molar-refractivity contribution in [3.63, 3.8) is 0 Å². The Morgan fingerprint density at radius 1 is 1.50 bits per heavy atom. The van der Waals surface area contributed by atoms with Gasteiger partial charge in [0.15, 0.2) is 11.6 Å². The molecule has 4 heteroatoms. The minimum atomic E-state index is -0.830. The fraction of sp³-hybridized carbons (Fsp3) is 0.125. The summed E-state index contributed by atoms with van der Waals surface area (Å²) in [5.41, 5.74) is -0.733. The van der Waals surface area contributed by atoms with Crippen LogP contribution in [-0.4, -0.2) is 7.11 Å². The molecule has 2 nitrogen and oxygen atoms in total. The molecule has 1 aromatic rings. The Bertz CT molecular complexity index is 352. The predicted molar refractivity (Wildman–Crippen MR) is 46.9 cm³/mol. The number of ether oxygens (including phenoxy) is 1. The minimum absolute atomic E-state index is 0.00167. The van der Waals surface area contributed by atoms with Crippen LogP contribution in [0.5, 0.6) is 5.75 Å². The highest BCUT2D eigenvalue weighted by atomic mass is 79.9. The molecular weight excluding hydrogens is 227 g/mol. The molecule has 0 amide bonds. The third kappa shape index (κ3) is 1.82. The van der Waals surface area contributed by atoms with Crippen LogP contribution in [0.25, 0.3) is 0 Å². The van der Waals surface area contributed by atoms with Crippen molar-refractivity contribution in [1.29, 1.82) is 0 Å². The monoisotopic (exact) mass is 232 g/mol. The maximum Gasteiger partial charge on any atom is 0.255 e. The third-order valence-electron chi connectivity index (χ3n) is 1.32. The van der Waals surface area contributed by atoms with Crippen LogP contribution in [0.2, 0.25) is 0 Å². The molecule has 0 aliphatic heterocycles. The van der Waals surface area contributed by atoms with Crippen molar-refractivity contribution in [2.75, 3.05) is 7.11 Å². The van der Waals surface area contributed by atoms with Gasteiger partial charge in [-0.2, -0.15) is 0 Å². The van der Waals surface area contributed by atoms with Gasteiger partial charge in [-0.15, -0.1) is 0 Å². The van der Waals surface area contributed by atoms with Crippen LogP contribution >= 0.6 is 15.9 Å². The van der Waals surface area contributed by atoms with E-state index in [0.717, 1.165) is 6.07 Å². The highest BCUT2D eigenvalue weighted by Gasteiger charge is 2.02. The summed E-state index contributed by atoms with van der Waals surface area (Å²) in [5.74, 6) is -0.832. The van der Waals surface area contributed by atoms with Gasteiger partial charge in [-0.25, -0.2) is 4.39 Å². The van der Waals surface area contributed by atoms with E-state index in [0.29, 0.717) is 4.47 Å². The smallest absolute Gasteiger partial charge is 0.255 e. The molecule has 0 bridgehead atoms. The summed E-state index contributed by atoms with van der Waals surface area (Å²) in [7, 11) is 1.32. The molecule has 0 fully saturated rings. The van der Waals surface area contributed by atoms with E-state index in [9.17, 15) is 9.18 Å². The molecule has 0 atom stereocenters. The van der Waals surface area contributed by atoms with E-state index in [4.69, 9.17) is 0 Å². The van der Waals surface area contributed by atoms with Crippen molar-refractivity contribution < 1.29 is 9.13 Å². The fourth-order valence-corrected chi connectivity index (χ4v) is 1.08. The van der Waals surface area contributed by atoms with Crippen molar-refractivity contribution >= 4 is 15.9 Å². The molecule has 1 rings (SSSR count). The Labute approximate surface area is 77.1 Å². The zero-order valence-corrected chi connectivity index (χ0v) is 7.89. The lowest BCUT2D eigenvalue weighted by molar-refractivity contribution is 0.407. The quantitative estimate of drug-likeness (QED) is 0.741. The Morgan fingerprint density at radius 2 is 2.17 bits per heavy atom. The lowest BCUT2D eigenvalue weighted by Crippen LogP contribution is -2.05. The van der Waals surface area contributed by atoms with E-state index in [1.54, 1.807) is 6.07 Å². The van der Waals surface area contributed by atoms with Gasteiger partial charge in [0.05, 0.1) is 7.11 Å². The van der Waals surface area contributed by atoms with Crippen LogP contribution in [0.4, 0.5) is 4.39 Å². The first-order valence-electron chi connectivity index (χ1n) is 3.18. The standard InChI is InChI=1S/C8H6BrFO2/c1-12-7-3-2-5(9)4-6(10)8(7)11/h2-4H,1H3. The Morgan fingerprint density at radius 3 is 2.75 bits per heavy atom. The van der Waals surface area contributed by atoms with Gasteiger partial charge in [-0.05, 0) is 18.2 Å². The van der Waals surface area contributed by atoms with Crippen LogP contribution in [0.1, 0.15) is 0 Å². The van der Waals surface area contributed by atoms with Gasteiger partial charge in [0.2, 0.25) is 0 Å². The summed E-state index contributed by atoms with van der Waals surface area (Å²) in [6.45, 7) is 0. The summed E-state index contributed by atoms with van der Waals surface area (Å²) in [5, 5.41) is 0. The van der Waals surface area contributed by atoms with E-state index in [1.165, 1.54) is 13.2 Å². The lowest BCUT2D eigenvalue weighted by Gasteiger charge is -1.90. The summed E-state index contributed by atoms with van der Waals surface area (Å²) in [4.78, 5) is 11.0. The normalized spacial score (nSPS) is 9.58. The van der Waals surface area contributed by atoms with Gasteiger partial charge in [0.25, 0.3) is 5.43 Å². The van der Waals surface area contributed by atoms with Gasteiger partial charge in [0.1, 0.15) is 0 Å². The van der Waals surface area contributed by atoms with Gasteiger partial charge < -0.3 is 4.74 Å². The van der Waals surface area contributed by atoms with Crippen molar-refractivity contribution in [1.82, 2.24) is 0 Å². The van der Waals surface area contributed by atoms with E-state index in [-0.39, 0.29) is 5.75 Å². The fourth-order valence-electron chi connectivity index (χ4n) is 0.744. The van der Waals surface area contributed by atoms with Crippen LogP contribution in [0.3, 0.4) is 0 Å². The van der Waals surface area contributed by atoms with E-state index < -0.39 is 11.2 Å². The molecule has 12 heavy (non-hydrogen) atoms. The molecular formula is C8H6BrFO2. The average molecular weight is 233 g/mol. The first-order valence-corrected chi connectivity index (χ1v) is 3.98. The molecule has 0 aliphatic carbocycles. The second-order valence-corrected chi connectivity index (χ2v) is 3.02. The first kappa shape index (κ1) is 9.19. The van der Waals surface area contributed by atoms with Crippen molar-refractivity contribution in [3.05, 3.63) is 38.7 Å². The number of rotatable bonds is 1. The van der Waals surface area contributed by atoms with Crippen LogP contribution in [-0.2, 0) is 0 Å². The third-order valence-corrected chi connectivity index (χ3v) is 1.81. The molecule has 0 unspecified atom stereocenters. The summed E-state index contributed by atoms with van der Waals surface area (Å²) >= 11 is 3.06. The van der Waals surface area contributed by atoms with Crippen molar-refractivity contribution in [3.8, 4) is 5.75 Å². The Kier molecular flexibility index (Phi) is 2.81. The SMILES string of the molecule is COc1ccc(Br)cc(F)c1=O. The predicted octanol–water partition coefficient (Wildman–Crippen LogP) is 1.96. The summed E-state index contributed by atoms with van der Waals surface area (Å²) < 4.78 is 18.0. The second-order valence-electron chi connectivity index (χ2n) is 2.11. The van der Waals surface area contributed by atoms with Crippen LogP contribution < -0.4 is 10.2 Å². The maximum absolute atomic E-state index is 12.8. The van der Waals surface area contributed by atoms with E-state index >= 15 is 0 Å². The molecule has 0 radical (unpaired) electrons. The molecule has 64 valence electrons. The second kappa shape index (κ2) is 3.67. The van der Waals surface area contributed by atoms with Crippen molar-refractivity contribution in [2.45, 2.75) is 0 Å². The largest absolute Gasteiger partial charge is 0.493 e. The zero-order chi connectivity index (χ0) is 9.14. The van der Waals surface area contributed by atoms with E-state index in [2.05, 4.69) is 20.7 Å². The lowest BCUT2D eigenvalue weighted by atomic mass is 10.4. The van der Waals surface area contributed by atoms with Gasteiger partial charge in [-0.1, -0.05) is 15.9 Å². The number of hydrogen-bond donors (Lipinski definition) is 0. The number of hydrogen-bond acceptors (Lipinski definition) is 2. The van der Waals surface area contributed by atoms with Crippen LogP contribution in [0.15, 0.2) is 27.5 Å². The minimum Gasteiger partial charge on any atom is -0.493 e. The molecule has 0 aliphatic rings. The van der Waals surface area contributed by atoms with E-state index in [1.807, 2.05) is 0 Å². The molecule has 1 aromatic carbocycles. The topological polar surface area (TPSA) is 26.3 Å². The average Bonchev–Trinajstić information content (AvgIpc) is 2.14. The maximum atomic E-state index is 12.8.